The minimum absolute atomic E-state index is 0.0512. The molecule has 0 fully saturated rings. The van der Waals surface area contributed by atoms with E-state index < -0.39 is 14.9 Å². The Morgan fingerprint density at radius 1 is 1.10 bits per heavy atom. The summed E-state index contributed by atoms with van der Waals surface area (Å²) in [6.07, 6.45) is 0. The smallest absolute Gasteiger partial charge is 0.273 e. The highest BCUT2D eigenvalue weighted by molar-refractivity contribution is 7.89. The molecule has 110 valence electrons. The minimum atomic E-state index is -3.75. The summed E-state index contributed by atoms with van der Waals surface area (Å²) < 4.78 is 26.5. The number of nitrogens with one attached hydrogen (secondary N) is 1. The van der Waals surface area contributed by atoms with Gasteiger partial charge in [-0.1, -0.05) is 18.2 Å². The number of nitrogens with zero attached hydrogens (tertiary/aromatic N) is 1. The molecule has 21 heavy (non-hydrogen) atoms. The molecule has 0 aliphatic carbocycles. The number of sulfonamides is 1. The number of nitro benzene ring substituents is 1. The van der Waals surface area contributed by atoms with Crippen molar-refractivity contribution in [3.8, 4) is 0 Å². The zero-order valence-corrected chi connectivity index (χ0v) is 11.7. The second kappa shape index (κ2) is 5.90. The molecule has 0 unspecified atom stereocenters. The lowest BCUT2D eigenvalue weighted by Gasteiger charge is -2.07. The monoisotopic (exact) mass is 307 g/mol. The molecule has 0 aromatic heterocycles. The third-order valence-corrected chi connectivity index (χ3v) is 4.25. The van der Waals surface area contributed by atoms with Crippen molar-refractivity contribution < 1.29 is 13.3 Å². The van der Waals surface area contributed by atoms with E-state index in [2.05, 4.69) is 4.72 Å². The standard InChI is InChI=1S/C13H13N3O4S/c14-11-5-7-12(8-6-11)21(19,20)15-9-10-3-1-2-4-13(10)16(17)18/h1-8,15H,9,14H2. The van der Waals surface area contributed by atoms with E-state index in [0.29, 0.717) is 11.3 Å². The van der Waals surface area contributed by atoms with E-state index in [-0.39, 0.29) is 17.1 Å². The average molecular weight is 307 g/mol. The third kappa shape index (κ3) is 3.56. The number of hydrogen-bond acceptors (Lipinski definition) is 5. The van der Waals surface area contributed by atoms with Crippen molar-refractivity contribution in [1.29, 1.82) is 0 Å². The number of nitrogen functional groups attached to an aromatic ring is 1. The fraction of sp³-hybridized carbons (Fsp3) is 0.0769. The Morgan fingerprint density at radius 3 is 2.33 bits per heavy atom. The molecule has 0 radical (unpaired) electrons. The molecular weight excluding hydrogens is 294 g/mol. The first-order chi connectivity index (χ1) is 9.90. The molecular formula is C13H13N3O4S. The summed E-state index contributed by atoms with van der Waals surface area (Å²) in [6, 6.07) is 11.7. The molecule has 7 nitrogen and oxygen atoms in total. The molecule has 2 aromatic rings. The third-order valence-electron chi connectivity index (χ3n) is 2.83. The highest BCUT2D eigenvalue weighted by atomic mass is 32.2. The highest BCUT2D eigenvalue weighted by Crippen LogP contribution is 2.18. The highest BCUT2D eigenvalue weighted by Gasteiger charge is 2.17. The molecule has 0 heterocycles. The number of para-hydroxylation sites is 1. The Bertz CT molecular complexity index is 757. The Kier molecular flexibility index (Phi) is 4.20. The van der Waals surface area contributed by atoms with Crippen LogP contribution in [0.25, 0.3) is 0 Å². The first-order valence-electron chi connectivity index (χ1n) is 5.97. The summed E-state index contributed by atoms with van der Waals surface area (Å²) in [7, 11) is -3.75. The van der Waals surface area contributed by atoms with E-state index in [1.807, 2.05) is 0 Å². The first kappa shape index (κ1) is 14.9. The van der Waals surface area contributed by atoms with E-state index >= 15 is 0 Å². The molecule has 0 bridgehead atoms. The predicted octanol–water partition coefficient (Wildman–Crippen LogP) is 1.66. The van der Waals surface area contributed by atoms with E-state index in [1.54, 1.807) is 6.07 Å². The summed E-state index contributed by atoms with van der Waals surface area (Å²) in [5.41, 5.74) is 6.12. The van der Waals surface area contributed by atoms with Gasteiger partial charge in [-0.15, -0.1) is 0 Å². The van der Waals surface area contributed by atoms with Gasteiger partial charge in [0.2, 0.25) is 10.0 Å². The van der Waals surface area contributed by atoms with Gasteiger partial charge in [0.25, 0.3) is 5.69 Å². The molecule has 0 saturated heterocycles. The zero-order valence-electron chi connectivity index (χ0n) is 10.9. The van der Waals surface area contributed by atoms with Gasteiger partial charge in [-0.25, -0.2) is 13.1 Å². The van der Waals surface area contributed by atoms with Gasteiger partial charge in [0.15, 0.2) is 0 Å². The Morgan fingerprint density at radius 2 is 1.71 bits per heavy atom. The number of nitrogens with two attached hydrogens (primary N) is 1. The maximum absolute atomic E-state index is 12.1. The molecule has 8 heteroatoms. The molecule has 0 amide bonds. The van der Waals surface area contributed by atoms with Gasteiger partial charge >= 0.3 is 0 Å². The van der Waals surface area contributed by atoms with Gasteiger partial charge in [-0.05, 0) is 24.3 Å². The second-order valence-electron chi connectivity index (χ2n) is 4.28. The average Bonchev–Trinajstić information content (AvgIpc) is 2.46. The van der Waals surface area contributed by atoms with E-state index in [4.69, 9.17) is 5.73 Å². The van der Waals surface area contributed by atoms with Gasteiger partial charge in [0.1, 0.15) is 0 Å². The summed E-state index contributed by atoms with van der Waals surface area (Å²) in [5, 5.41) is 10.9. The van der Waals surface area contributed by atoms with Crippen LogP contribution in [0.3, 0.4) is 0 Å². The molecule has 0 spiro atoms. The maximum atomic E-state index is 12.1. The lowest BCUT2D eigenvalue weighted by molar-refractivity contribution is -0.385. The second-order valence-corrected chi connectivity index (χ2v) is 6.05. The van der Waals surface area contributed by atoms with Crippen LogP contribution in [-0.2, 0) is 16.6 Å². The summed E-state index contributed by atoms with van der Waals surface area (Å²) in [5.74, 6) is 0. The van der Waals surface area contributed by atoms with Gasteiger partial charge in [0.05, 0.1) is 9.82 Å². The Balaban J connectivity index is 2.19. The van der Waals surface area contributed by atoms with Gasteiger partial charge in [0, 0.05) is 23.9 Å². The van der Waals surface area contributed by atoms with Crippen LogP contribution in [0.4, 0.5) is 11.4 Å². The molecule has 2 rings (SSSR count). The molecule has 2 aromatic carbocycles. The van der Waals surface area contributed by atoms with Gasteiger partial charge in [-0.3, -0.25) is 10.1 Å². The van der Waals surface area contributed by atoms with Crippen LogP contribution in [0, 0.1) is 10.1 Å². The van der Waals surface area contributed by atoms with Gasteiger partial charge in [-0.2, -0.15) is 0 Å². The maximum Gasteiger partial charge on any atom is 0.273 e. The largest absolute Gasteiger partial charge is 0.399 e. The van der Waals surface area contributed by atoms with Crippen molar-refractivity contribution >= 4 is 21.4 Å². The quantitative estimate of drug-likeness (QED) is 0.495. The van der Waals surface area contributed by atoms with Crippen LogP contribution in [0.15, 0.2) is 53.4 Å². The lowest BCUT2D eigenvalue weighted by Crippen LogP contribution is -2.23. The number of hydrogen-bond donors (Lipinski definition) is 2. The number of rotatable bonds is 5. The van der Waals surface area contributed by atoms with Crippen molar-refractivity contribution in [2.45, 2.75) is 11.4 Å². The van der Waals surface area contributed by atoms with Crippen LogP contribution in [0.5, 0.6) is 0 Å². The van der Waals surface area contributed by atoms with E-state index in [0.717, 1.165) is 0 Å². The topological polar surface area (TPSA) is 115 Å². The summed E-state index contributed by atoms with van der Waals surface area (Å²) in [4.78, 5) is 10.4. The summed E-state index contributed by atoms with van der Waals surface area (Å²) >= 11 is 0. The number of nitro groups is 1. The van der Waals surface area contributed by atoms with Gasteiger partial charge < -0.3 is 5.73 Å². The lowest BCUT2D eigenvalue weighted by atomic mass is 10.2. The molecule has 0 aliphatic heterocycles. The molecule has 0 saturated carbocycles. The van der Waals surface area contributed by atoms with Crippen LogP contribution in [0.2, 0.25) is 0 Å². The minimum Gasteiger partial charge on any atom is -0.399 e. The van der Waals surface area contributed by atoms with Crippen molar-refractivity contribution in [3.63, 3.8) is 0 Å². The van der Waals surface area contributed by atoms with Crippen LogP contribution < -0.4 is 10.5 Å². The molecule has 0 atom stereocenters. The van der Waals surface area contributed by atoms with Crippen molar-refractivity contribution in [1.82, 2.24) is 4.72 Å². The van der Waals surface area contributed by atoms with Crippen LogP contribution in [-0.4, -0.2) is 13.3 Å². The molecule has 0 aliphatic rings. The number of benzene rings is 2. The van der Waals surface area contributed by atoms with E-state index in [9.17, 15) is 18.5 Å². The fourth-order valence-electron chi connectivity index (χ4n) is 1.74. The SMILES string of the molecule is Nc1ccc(S(=O)(=O)NCc2ccccc2[N+](=O)[O-])cc1. The van der Waals surface area contributed by atoms with Crippen molar-refractivity contribution in [3.05, 3.63) is 64.2 Å². The van der Waals surface area contributed by atoms with Crippen LogP contribution >= 0.6 is 0 Å². The molecule has 3 N–H and O–H groups in total. The van der Waals surface area contributed by atoms with E-state index in [1.165, 1.54) is 42.5 Å². The zero-order chi connectivity index (χ0) is 15.5. The Hall–Kier alpha value is -2.45. The fourth-order valence-corrected chi connectivity index (χ4v) is 2.75. The summed E-state index contributed by atoms with van der Waals surface area (Å²) in [6.45, 7) is -0.163. The first-order valence-corrected chi connectivity index (χ1v) is 7.46. The number of anilines is 1. The van der Waals surface area contributed by atoms with Crippen molar-refractivity contribution in [2.24, 2.45) is 0 Å². The normalized spacial score (nSPS) is 11.2. The Labute approximate surface area is 121 Å². The van der Waals surface area contributed by atoms with Crippen LogP contribution in [0.1, 0.15) is 5.56 Å². The van der Waals surface area contributed by atoms with Crippen molar-refractivity contribution in [2.75, 3.05) is 5.73 Å². The predicted molar refractivity (Wildman–Crippen MR) is 78.0 cm³/mol.